The Labute approximate surface area is 83.6 Å². The smallest absolute Gasteiger partial charge is 0.0890 e. The predicted molar refractivity (Wildman–Crippen MR) is 58.1 cm³/mol. The molecule has 2 N–H and O–H groups in total. The van der Waals surface area contributed by atoms with Gasteiger partial charge < -0.3 is 10.3 Å². The lowest BCUT2D eigenvalue weighted by Gasteiger charge is -2.03. The van der Waals surface area contributed by atoms with Crippen LogP contribution in [-0.2, 0) is 13.6 Å². The third-order valence-electron chi connectivity index (χ3n) is 2.62. The molecule has 74 valence electrons. The molecule has 0 amide bonds. The molecule has 2 heterocycles. The molecule has 0 aliphatic carbocycles. The molecule has 2 aromatic rings. The topological polar surface area (TPSA) is 43.8 Å². The quantitative estimate of drug-likeness (QED) is 0.741. The minimum Gasteiger partial charge on any atom is -0.345 e. The molecule has 0 aliphatic heterocycles. The van der Waals surface area contributed by atoms with Crippen molar-refractivity contribution in [3.8, 4) is 0 Å². The zero-order valence-electron chi connectivity index (χ0n) is 8.83. The summed E-state index contributed by atoms with van der Waals surface area (Å²) in [5, 5.41) is 0. The molecule has 14 heavy (non-hydrogen) atoms. The van der Waals surface area contributed by atoms with Crippen molar-refractivity contribution in [2.45, 2.75) is 20.4 Å². The summed E-state index contributed by atoms with van der Waals surface area (Å²) in [6.45, 7) is 4.68. The second kappa shape index (κ2) is 3.10. The van der Waals surface area contributed by atoms with Crippen LogP contribution in [0, 0.1) is 13.8 Å². The normalized spacial score (nSPS) is 11.1. The maximum atomic E-state index is 5.65. The standard InChI is InChI=1S/C11H15N3/c1-7-4-8(2)13-10-5-9(6-12)14(3)11(7)10/h4-5H,6,12H2,1-3H3. The molecular weight excluding hydrogens is 174 g/mol. The van der Waals surface area contributed by atoms with Crippen molar-refractivity contribution in [2.24, 2.45) is 12.8 Å². The first-order chi connectivity index (χ1) is 6.63. The van der Waals surface area contributed by atoms with Crippen LogP contribution in [0.5, 0.6) is 0 Å². The minimum absolute atomic E-state index is 0.561. The number of rotatable bonds is 1. The van der Waals surface area contributed by atoms with E-state index in [2.05, 4.69) is 28.6 Å². The second-order valence-electron chi connectivity index (χ2n) is 3.71. The van der Waals surface area contributed by atoms with Crippen molar-refractivity contribution >= 4 is 11.0 Å². The van der Waals surface area contributed by atoms with Gasteiger partial charge in [0.25, 0.3) is 0 Å². The molecule has 2 rings (SSSR count). The van der Waals surface area contributed by atoms with Crippen molar-refractivity contribution in [3.63, 3.8) is 0 Å². The van der Waals surface area contributed by atoms with Crippen LogP contribution in [0.15, 0.2) is 12.1 Å². The van der Waals surface area contributed by atoms with Crippen molar-refractivity contribution in [3.05, 3.63) is 29.1 Å². The van der Waals surface area contributed by atoms with Gasteiger partial charge in [-0.05, 0) is 31.5 Å². The summed E-state index contributed by atoms with van der Waals surface area (Å²) in [6.07, 6.45) is 0. The molecule has 0 atom stereocenters. The molecule has 0 saturated heterocycles. The first-order valence-electron chi connectivity index (χ1n) is 4.76. The Morgan fingerprint density at radius 2 is 2.07 bits per heavy atom. The highest BCUT2D eigenvalue weighted by molar-refractivity contribution is 5.80. The number of fused-ring (bicyclic) bond motifs is 1. The van der Waals surface area contributed by atoms with Crippen LogP contribution < -0.4 is 5.73 Å². The van der Waals surface area contributed by atoms with Gasteiger partial charge in [-0.3, -0.25) is 4.98 Å². The summed E-state index contributed by atoms with van der Waals surface area (Å²) in [5.41, 5.74) is 11.3. The molecule has 0 saturated carbocycles. The van der Waals surface area contributed by atoms with Crippen LogP contribution in [0.25, 0.3) is 11.0 Å². The number of hydrogen-bond acceptors (Lipinski definition) is 2. The van der Waals surface area contributed by atoms with Crippen molar-refractivity contribution < 1.29 is 0 Å². The Bertz CT molecular complexity index is 483. The Morgan fingerprint density at radius 3 is 2.71 bits per heavy atom. The van der Waals surface area contributed by atoms with E-state index in [1.54, 1.807) is 0 Å². The van der Waals surface area contributed by atoms with Gasteiger partial charge in [-0.25, -0.2) is 0 Å². The summed E-state index contributed by atoms with van der Waals surface area (Å²) in [4.78, 5) is 4.49. The molecule has 0 aliphatic rings. The number of aryl methyl sites for hydroxylation is 3. The van der Waals surface area contributed by atoms with E-state index in [9.17, 15) is 0 Å². The highest BCUT2D eigenvalue weighted by Gasteiger charge is 2.08. The monoisotopic (exact) mass is 189 g/mol. The van der Waals surface area contributed by atoms with Gasteiger partial charge in [-0.1, -0.05) is 0 Å². The minimum atomic E-state index is 0.561. The van der Waals surface area contributed by atoms with Gasteiger partial charge in [0, 0.05) is 25.0 Å². The van der Waals surface area contributed by atoms with E-state index in [4.69, 9.17) is 5.73 Å². The molecule has 0 fully saturated rings. The number of aromatic nitrogens is 2. The Kier molecular flexibility index (Phi) is 2.04. The summed E-state index contributed by atoms with van der Waals surface area (Å²) < 4.78 is 2.12. The van der Waals surface area contributed by atoms with E-state index >= 15 is 0 Å². The van der Waals surface area contributed by atoms with Gasteiger partial charge in [0.15, 0.2) is 0 Å². The molecule has 0 unspecified atom stereocenters. The van der Waals surface area contributed by atoms with E-state index in [0.717, 1.165) is 16.9 Å². The largest absolute Gasteiger partial charge is 0.345 e. The van der Waals surface area contributed by atoms with E-state index in [-0.39, 0.29) is 0 Å². The third-order valence-corrected chi connectivity index (χ3v) is 2.62. The molecule has 0 bridgehead atoms. The Hall–Kier alpha value is -1.35. The van der Waals surface area contributed by atoms with Gasteiger partial charge in [-0.2, -0.15) is 0 Å². The molecule has 0 radical (unpaired) electrons. The fraction of sp³-hybridized carbons (Fsp3) is 0.364. The highest BCUT2D eigenvalue weighted by atomic mass is 15.0. The van der Waals surface area contributed by atoms with Crippen molar-refractivity contribution in [1.82, 2.24) is 9.55 Å². The Balaban J connectivity index is 2.85. The van der Waals surface area contributed by atoms with Gasteiger partial charge in [0.1, 0.15) is 0 Å². The number of nitrogens with two attached hydrogens (primary N) is 1. The van der Waals surface area contributed by atoms with Crippen LogP contribution in [0.1, 0.15) is 17.0 Å². The van der Waals surface area contributed by atoms with Crippen LogP contribution in [0.2, 0.25) is 0 Å². The highest BCUT2D eigenvalue weighted by Crippen LogP contribution is 2.20. The molecule has 0 aromatic carbocycles. The lowest BCUT2D eigenvalue weighted by Crippen LogP contribution is -2.03. The van der Waals surface area contributed by atoms with Crippen molar-refractivity contribution in [2.75, 3.05) is 0 Å². The zero-order valence-corrected chi connectivity index (χ0v) is 8.83. The number of nitrogens with zero attached hydrogens (tertiary/aromatic N) is 2. The molecule has 0 spiro atoms. The van der Waals surface area contributed by atoms with Crippen LogP contribution in [0.4, 0.5) is 0 Å². The van der Waals surface area contributed by atoms with Gasteiger partial charge >= 0.3 is 0 Å². The fourth-order valence-corrected chi connectivity index (χ4v) is 1.99. The lowest BCUT2D eigenvalue weighted by molar-refractivity contribution is 0.847. The maximum absolute atomic E-state index is 5.65. The summed E-state index contributed by atoms with van der Waals surface area (Å²) >= 11 is 0. The first-order valence-corrected chi connectivity index (χ1v) is 4.76. The number of pyridine rings is 1. The van der Waals surface area contributed by atoms with Gasteiger partial charge in [0.05, 0.1) is 11.0 Å². The Morgan fingerprint density at radius 1 is 1.36 bits per heavy atom. The van der Waals surface area contributed by atoms with E-state index in [0.29, 0.717) is 6.54 Å². The van der Waals surface area contributed by atoms with Crippen LogP contribution >= 0.6 is 0 Å². The number of hydrogen-bond donors (Lipinski definition) is 1. The first kappa shape index (κ1) is 9.21. The lowest BCUT2D eigenvalue weighted by atomic mass is 10.2. The summed E-state index contributed by atoms with van der Waals surface area (Å²) in [6, 6.07) is 4.16. The molecule has 3 heteroatoms. The van der Waals surface area contributed by atoms with E-state index in [1.807, 2.05) is 14.0 Å². The van der Waals surface area contributed by atoms with Gasteiger partial charge in [-0.15, -0.1) is 0 Å². The molecular formula is C11H15N3. The SMILES string of the molecule is Cc1cc(C)c2c(cc(CN)n2C)n1. The van der Waals surface area contributed by atoms with E-state index < -0.39 is 0 Å². The average Bonchev–Trinajstić information content (AvgIpc) is 2.42. The summed E-state index contributed by atoms with van der Waals surface area (Å²) in [7, 11) is 2.04. The van der Waals surface area contributed by atoms with Crippen LogP contribution in [-0.4, -0.2) is 9.55 Å². The van der Waals surface area contributed by atoms with Gasteiger partial charge in [0.2, 0.25) is 0 Å². The van der Waals surface area contributed by atoms with Crippen LogP contribution in [0.3, 0.4) is 0 Å². The maximum Gasteiger partial charge on any atom is 0.0890 e. The zero-order chi connectivity index (χ0) is 10.3. The summed E-state index contributed by atoms with van der Waals surface area (Å²) in [5.74, 6) is 0. The fourth-order valence-electron chi connectivity index (χ4n) is 1.99. The second-order valence-corrected chi connectivity index (χ2v) is 3.71. The average molecular weight is 189 g/mol. The predicted octanol–water partition coefficient (Wildman–Crippen LogP) is 1.65. The third kappa shape index (κ3) is 1.21. The molecule has 2 aromatic heterocycles. The van der Waals surface area contributed by atoms with Crippen molar-refractivity contribution in [1.29, 1.82) is 0 Å². The van der Waals surface area contributed by atoms with E-state index in [1.165, 1.54) is 11.1 Å². The molecule has 3 nitrogen and oxygen atoms in total.